The SMILES string of the molecule is CCc1nc(CC(=O)Nc2cnn(C(C)(C)C(=O)O)c2)cs1. The number of carboxylic acid groups (broad SMARTS) is 1. The molecule has 7 nitrogen and oxygen atoms in total. The Labute approximate surface area is 132 Å². The molecule has 0 saturated carbocycles. The molecule has 0 aromatic carbocycles. The van der Waals surface area contributed by atoms with E-state index in [4.69, 9.17) is 5.11 Å². The number of nitrogens with zero attached hydrogens (tertiary/aromatic N) is 3. The van der Waals surface area contributed by atoms with Crippen LogP contribution in [0.1, 0.15) is 31.5 Å². The number of aliphatic carboxylic acids is 1. The van der Waals surface area contributed by atoms with Crippen molar-refractivity contribution in [3.63, 3.8) is 0 Å². The molecule has 22 heavy (non-hydrogen) atoms. The molecule has 0 aliphatic heterocycles. The number of aryl methyl sites for hydroxylation is 1. The van der Waals surface area contributed by atoms with Gasteiger partial charge in [-0.1, -0.05) is 6.92 Å². The zero-order valence-electron chi connectivity index (χ0n) is 12.7. The maximum atomic E-state index is 12.0. The minimum atomic E-state index is -1.17. The van der Waals surface area contributed by atoms with Crippen LogP contribution in [0.3, 0.4) is 0 Å². The Morgan fingerprint density at radius 1 is 1.45 bits per heavy atom. The molecule has 0 spiro atoms. The molecule has 0 bridgehead atoms. The van der Waals surface area contributed by atoms with E-state index in [1.165, 1.54) is 42.3 Å². The van der Waals surface area contributed by atoms with Gasteiger partial charge in [-0.25, -0.2) is 9.78 Å². The van der Waals surface area contributed by atoms with Crippen molar-refractivity contribution in [3.05, 3.63) is 28.5 Å². The van der Waals surface area contributed by atoms with Gasteiger partial charge in [-0.15, -0.1) is 11.3 Å². The second-order valence-electron chi connectivity index (χ2n) is 5.35. The zero-order chi connectivity index (χ0) is 16.3. The maximum Gasteiger partial charge on any atom is 0.331 e. The number of nitrogens with one attached hydrogen (secondary N) is 1. The van der Waals surface area contributed by atoms with E-state index in [2.05, 4.69) is 15.4 Å². The average molecular weight is 322 g/mol. The van der Waals surface area contributed by atoms with Crippen LogP contribution in [-0.2, 0) is 28.0 Å². The van der Waals surface area contributed by atoms with E-state index in [1.807, 2.05) is 12.3 Å². The van der Waals surface area contributed by atoms with E-state index < -0.39 is 11.5 Å². The Morgan fingerprint density at radius 3 is 2.77 bits per heavy atom. The molecular weight excluding hydrogens is 304 g/mol. The van der Waals surface area contributed by atoms with Crippen LogP contribution in [0.15, 0.2) is 17.8 Å². The van der Waals surface area contributed by atoms with Crippen LogP contribution in [0.4, 0.5) is 5.69 Å². The number of amides is 1. The first-order valence-corrected chi connectivity index (χ1v) is 7.72. The van der Waals surface area contributed by atoms with Crippen molar-refractivity contribution in [1.82, 2.24) is 14.8 Å². The summed E-state index contributed by atoms with van der Waals surface area (Å²) in [5, 5.41) is 18.7. The highest BCUT2D eigenvalue weighted by Crippen LogP contribution is 2.17. The fraction of sp³-hybridized carbons (Fsp3) is 0.429. The fourth-order valence-electron chi connectivity index (χ4n) is 1.75. The normalized spacial score (nSPS) is 11.4. The molecule has 0 aliphatic rings. The predicted molar refractivity (Wildman–Crippen MR) is 83.0 cm³/mol. The van der Waals surface area contributed by atoms with Gasteiger partial charge in [0, 0.05) is 11.6 Å². The van der Waals surface area contributed by atoms with Gasteiger partial charge in [-0.05, 0) is 20.3 Å². The minimum Gasteiger partial charge on any atom is -0.479 e. The van der Waals surface area contributed by atoms with Crippen LogP contribution in [0, 0.1) is 0 Å². The van der Waals surface area contributed by atoms with Gasteiger partial charge in [0.05, 0.1) is 29.0 Å². The molecule has 0 aliphatic carbocycles. The van der Waals surface area contributed by atoms with E-state index in [0.717, 1.165) is 17.1 Å². The number of aromatic nitrogens is 3. The molecule has 1 amide bonds. The standard InChI is InChI=1S/C14H18N4O3S/c1-4-12-17-9(8-22-12)5-11(19)16-10-6-15-18(7-10)14(2,3)13(20)21/h6-8H,4-5H2,1-3H3,(H,16,19)(H,20,21). The summed E-state index contributed by atoms with van der Waals surface area (Å²) in [5.74, 6) is -1.20. The second kappa shape index (κ2) is 6.27. The molecular formula is C14H18N4O3S. The summed E-state index contributed by atoms with van der Waals surface area (Å²) in [6.07, 6.45) is 3.97. The van der Waals surface area contributed by atoms with Gasteiger partial charge in [0.1, 0.15) is 0 Å². The van der Waals surface area contributed by atoms with Crippen LogP contribution < -0.4 is 5.32 Å². The number of hydrogen-bond donors (Lipinski definition) is 2. The smallest absolute Gasteiger partial charge is 0.331 e. The third-order valence-corrected chi connectivity index (χ3v) is 4.25. The van der Waals surface area contributed by atoms with E-state index in [0.29, 0.717) is 5.69 Å². The van der Waals surface area contributed by atoms with Crippen molar-refractivity contribution >= 4 is 28.9 Å². The lowest BCUT2D eigenvalue weighted by Gasteiger charge is -2.19. The van der Waals surface area contributed by atoms with E-state index in [-0.39, 0.29) is 12.3 Å². The molecule has 0 fully saturated rings. The zero-order valence-corrected chi connectivity index (χ0v) is 13.5. The van der Waals surface area contributed by atoms with Gasteiger partial charge in [0.25, 0.3) is 0 Å². The third kappa shape index (κ3) is 3.51. The summed E-state index contributed by atoms with van der Waals surface area (Å²) in [4.78, 5) is 27.5. The van der Waals surface area contributed by atoms with Crippen molar-refractivity contribution in [3.8, 4) is 0 Å². The Balaban J connectivity index is 2.00. The highest BCUT2D eigenvalue weighted by molar-refractivity contribution is 7.09. The third-order valence-electron chi connectivity index (χ3n) is 3.21. The first kappa shape index (κ1) is 16.2. The summed E-state index contributed by atoms with van der Waals surface area (Å²) in [6.45, 7) is 5.09. The van der Waals surface area contributed by atoms with Crippen molar-refractivity contribution in [2.75, 3.05) is 5.32 Å². The maximum absolute atomic E-state index is 12.0. The predicted octanol–water partition coefficient (Wildman–Crippen LogP) is 1.90. The number of hydrogen-bond acceptors (Lipinski definition) is 5. The second-order valence-corrected chi connectivity index (χ2v) is 6.29. The number of carbonyl (C=O) groups excluding carboxylic acids is 1. The number of rotatable bonds is 6. The first-order valence-electron chi connectivity index (χ1n) is 6.84. The lowest BCUT2D eigenvalue weighted by molar-refractivity contribution is -0.146. The molecule has 0 radical (unpaired) electrons. The number of carboxylic acids is 1. The molecule has 2 aromatic rings. The van der Waals surface area contributed by atoms with E-state index >= 15 is 0 Å². The highest BCUT2D eigenvalue weighted by atomic mass is 32.1. The first-order chi connectivity index (χ1) is 10.3. The summed E-state index contributed by atoms with van der Waals surface area (Å²) < 4.78 is 1.31. The summed E-state index contributed by atoms with van der Waals surface area (Å²) in [7, 11) is 0. The van der Waals surface area contributed by atoms with Crippen LogP contribution in [0.2, 0.25) is 0 Å². The van der Waals surface area contributed by atoms with E-state index in [1.54, 1.807) is 0 Å². The molecule has 2 aromatic heterocycles. The monoisotopic (exact) mass is 322 g/mol. The van der Waals surface area contributed by atoms with Crippen molar-refractivity contribution in [2.24, 2.45) is 0 Å². The lowest BCUT2D eigenvalue weighted by Crippen LogP contribution is -2.35. The molecule has 2 heterocycles. The van der Waals surface area contributed by atoms with Crippen LogP contribution in [0.25, 0.3) is 0 Å². The number of thiazole rings is 1. The molecule has 0 atom stereocenters. The molecule has 0 unspecified atom stereocenters. The summed E-state index contributed by atoms with van der Waals surface area (Å²) in [5.41, 5.74) is 0.0244. The average Bonchev–Trinajstić information content (AvgIpc) is 3.07. The van der Waals surface area contributed by atoms with Gasteiger partial charge < -0.3 is 10.4 Å². The summed E-state index contributed by atoms with van der Waals surface area (Å²) >= 11 is 1.54. The lowest BCUT2D eigenvalue weighted by atomic mass is 10.1. The van der Waals surface area contributed by atoms with E-state index in [9.17, 15) is 9.59 Å². The fourth-order valence-corrected chi connectivity index (χ4v) is 2.50. The van der Waals surface area contributed by atoms with Crippen molar-refractivity contribution in [2.45, 2.75) is 39.2 Å². The van der Waals surface area contributed by atoms with Crippen molar-refractivity contribution < 1.29 is 14.7 Å². The molecule has 2 N–H and O–H groups in total. The molecule has 8 heteroatoms. The quantitative estimate of drug-likeness (QED) is 0.846. The Bertz CT molecular complexity index is 690. The molecule has 118 valence electrons. The Hall–Kier alpha value is -2.22. The largest absolute Gasteiger partial charge is 0.479 e. The molecule has 2 rings (SSSR count). The minimum absolute atomic E-state index is 0.185. The van der Waals surface area contributed by atoms with Gasteiger partial charge in [0.15, 0.2) is 5.54 Å². The van der Waals surface area contributed by atoms with Crippen LogP contribution in [-0.4, -0.2) is 31.7 Å². The van der Waals surface area contributed by atoms with Gasteiger partial charge >= 0.3 is 5.97 Å². The van der Waals surface area contributed by atoms with Crippen molar-refractivity contribution in [1.29, 1.82) is 0 Å². The highest BCUT2D eigenvalue weighted by Gasteiger charge is 2.30. The van der Waals surface area contributed by atoms with Gasteiger partial charge in [-0.3, -0.25) is 9.48 Å². The van der Waals surface area contributed by atoms with Gasteiger partial charge in [0.2, 0.25) is 5.91 Å². The number of carbonyl (C=O) groups is 2. The topological polar surface area (TPSA) is 97.1 Å². The Kier molecular flexibility index (Phi) is 4.60. The van der Waals surface area contributed by atoms with Crippen LogP contribution in [0.5, 0.6) is 0 Å². The Morgan fingerprint density at radius 2 is 2.18 bits per heavy atom. The van der Waals surface area contributed by atoms with Crippen LogP contribution >= 0.6 is 11.3 Å². The molecule has 0 saturated heterocycles. The number of anilines is 1. The summed E-state index contributed by atoms with van der Waals surface area (Å²) in [6, 6.07) is 0. The van der Waals surface area contributed by atoms with Gasteiger partial charge in [-0.2, -0.15) is 5.10 Å².